The van der Waals surface area contributed by atoms with Crippen molar-refractivity contribution in [1.82, 2.24) is 9.97 Å². The molecule has 0 spiro atoms. The Morgan fingerprint density at radius 3 is 2.78 bits per heavy atom. The number of fused-ring (bicyclic) bond motifs is 5. The minimum atomic E-state index is 0.0397. The molecule has 2 aromatic heterocycles. The zero-order valence-electron chi connectivity index (χ0n) is 10.5. The second kappa shape index (κ2) is 3.02. The highest BCUT2D eigenvalue weighted by Gasteiger charge is 2.37. The van der Waals surface area contributed by atoms with Crippen molar-refractivity contribution >= 4 is 11.0 Å². The summed E-state index contributed by atoms with van der Waals surface area (Å²) in [4.78, 5) is 7.89. The van der Waals surface area contributed by atoms with E-state index in [0.717, 1.165) is 5.52 Å². The molecule has 2 heteroatoms. The smallest absolute Gasteiger partial charge is 0.0882 e. The van der Waals surface area contributed by atoms with Gasteiger partial charge in [-0.2, -0.15) is 0 Å². The monoisotopic (exact) mass is 234 g/mol. The average molecular weight is 234 g/mol. The van der Waals surface area contributed by atoms with Crippen molar-refractivity contribution in [1.29, 1.82) is 0 Å². The summed E-state index contributed by atoms with van der Waals surface area (Å²) in [5, 5.41) is 0. The van der Waals surface area contributed by atoms with Crippen LogP contribution < -0.4 is 0 Å². The lowest BCUT2D eigenvalue weighted by molar-refractivity contribution is 0.664. The van der Waals surface area contributed by atoms with Gasteiger partial charge >= 0.3 is 0 Å². The fourth-order valence-corrected chi connectivity index (χ4v) is 3.25. The molecule has 0 saturated heterocycles. The Morgan fingerprint density at radius 1 is 1.06 bits per heavy atom. The number of pyridine rings is 1. The average Bonchev–Trinajstić information content (AvgIpc) is 2.92. The summed E-state index contributed by atoms with van der Waals surface area (Å²) >= 11 is 0. The summed E-state index contributed by atoms with van der Waals surface area (Å²) in [6, 6.07) is 10.7. The SMILES string of the molecule is CC1(C)c2ccccc2-c2cnc3cc[nH]c3c21. The van der Waals surface area contributed by atoms with Crippen molar-refractivity contribution in [3.8, 4) is 11.1 Å². The molecule has 88 valence electrons. The van der Waals surface area contributed by atoms with Crippen LogP contribution in [0.1, 0.15) is 25.0 Å². The van der Waals surface area contributed by atoms with Gasteiger partial charge in [-0.1, -0.05) is 38.1 Å². The van der Waals surface area contributed by atoms with Gasteiger partial charge < -0.3 is 4.98 Å². The highest BCUT2D eigenvalue weighted by atomic mass is 14.8. The van der Waals surface area contributed by atoms with Crippen molar-refractivity contribution < 1.29 is 0 Å². The lowest BCUT2D eigenvalue weighted by atomic mass is 9.82. The second-order valence-electron chi connectivity index (χ2n) is 5.46. The molecule has 0 saturated carbocycles. The molecule has 1 N–H and O–H groups in total. The van der Waals surface area contributed by atoms with Crippen LogP contribution in [-0.2, 0) is 5.41 Å². The Morgan fingerprint density at radius 2 is 1.89 bits per heavy atom. The Labute approximate surface area is 106 Å². The van der Waals surface area contributed by atoms with Crippen LogP contribution in [0, 0.1) is 0 Å². The number of nitrogens with zero attached hydrogens (tertiary/aromatic N) is 1. The number of rotatable bonds is 0. The minimum Gasteiger partial charge on any atom is -0.360 e. The topological polar surface area (TPSA) is 28.7 Å². The van der Waals surface area contributed by atoms with Gasteiger partial charge in [0.2, 0.25) is 0 Å². The largest absolute Gasteiger partial charge is 0.360 e. The van der Waals surface area contributed by atoms with Crippen molar-refractivity contribution in [3.05, 3.63) is 53.9 Å². The van der Waals surface area contributed by atoms with Gasteiger partial charge in [0.1, 0.15) is 0 Å². The molecule has 2 heterocycles. The van der Waals surface area contributed by atoms with Gasteiger partial charge in [-0.05, 0) is 22.8 Å². The van der Waals surface area contributed by atoms with Crippen LogP contribution >= 0.6 is 0 Å². The molecule has 0 atom stereocenters. The summed E-state index contributed by atoms with van der Waals surface area (Å²) in [5.41, 5.74) is 7.62. The van der Waals surface area contributed by atoms with E-state index < -0.39 is 0 Å². The normalized spacial score (nSPS) is 15.7. The fourth-order valence-electron chi connectivity index (χ4n) is 3.25. The van der Waals surface area contributed by atoms with Crippen LogP contribution in [-0.4, -0.2) is 9.97 Å². The number of H-pyrrole nitrogens is 1. The first-order chi connectivity index (χ1) is 8.69. The van der Waals surface area contributed by atoms with E-state index in [-0.39, 0.29) is 5.41 Å². The van der Waals surface area contributed by atoms with Crippen LogP contribution in [0.25, 0.3) is 22.2 Å². The predicted molar refractivity (Wildman–Crippen MR) is 73.7 cm³/mol. The number of hydrogen-bond donors (Lipinski definition) is 1. The second-order valence-corrected chi connectivity index (χ2v) is 5.46. The molecule has 4 rings (SSSR count). The molecule has 0 aliphatic heterocycles. The molecule has 0 bridgehead atoms. The quantitative estimate of drug-likeness (QED) is 0.628. The molecule has 18 heavy (non-hydrogen) atoms. The predicted octanol–water partition coefficient (Wildman–Crippen LogP) is 3.87. The Balaban J connectivity index is 2.21. The molecule has 0 unspecified atom stereocenters. The molecular weight excluding hydrogens is 220 g/mol. The summed E-state index contributed by atoms with van der Waals surface area (Å²) in [6.45, 7) is 4.58. The molecule has 1 aliphatic carbocycles. The molecule has 0 radical (unpaired) electrons. The lowest BCUT2D eigenvalue weighted by Crippen LogP contribution is -2.15. The van der Waals surface area contributed by atoms with Gasteiger partial charge in [-0.25, -0.2) is 0 Å². The zero-order valence-corrected chi connectivity index (χ0v) is 10.5. The zero-order chi connectivity index (χ0) is 12.3. The molecular formula is C16H14N2. The highest BCUT2D eigenvalue weighted by molar-refractivity contribution is 5.92. The van der Waals surface area contributed by atoms with Crippen molar-refractivity contribution in [2.75, 3.05) is 0 Å². The lowest BCUT2D eigenvalue weighted by Gasteiger charge is -2.21. The first-order valence-electron chi connectivity index (χ1n) is 6.26. The van der Waals surface area contributed by atoms with Crippen molar-refractivity contribution in [2.24, 2.45) is 0 Å². The third-order valence-electron chi connectivity index (χ3n) is 4.09. The molecule has 0 fully saturated rings. The van der Waals surface area contributed by atoms with Crippen molar-refractivity contribution in [2.45, 2.75) is 19.3 Å². The fraction of sp³-hybridized carbons (Fsp3) is 0.188. The maximum atomic E-state index is 4.55. The van der Waals surface area contributed by atoms with Gasteiger partial charge in [0.25, 0.3) is 0 Å². The van der Waals surface area contributed by atoms with Gasteiger partial charge in [0.15, 0.2) is 0 Å². The Kier molecular flexibility index (Phi) is 1.66. The van der Waals surface area contributed by atoms with Crippen molar-refractivity contribution in [3.63, 3.8) is 0 Å². The van der Waals surface area contributed by atoms with E-state index in [1.807, 2.05) is 18.5 Å². The van der Waals surface area contributed by atoms with E-state index in [1.54, 1.807) is 0 Å². The maximum absolute atomic E-state index is 4.55. The van der Waals surface area contributed by atoms with E-state index in [0.29, 0.717) is 0 Å². The first kappa shape index (κ1) is 9.89. The van der Waals surface area contributed by atoms with Crippen LogP contribution in [0.3, 0.4) is 0 Å². The first-order valence-corrected chi connectivity index (χ1v) is 6.26. The molecule has 0 amide bonds. The Bertz CT molecular complexity index is 766. The number of nitrogens with one attached hydrogen (secondary N) is 1. The minimum absolute atomic E-state index is 0.0397. The summed E-state index contributed by atoms with van der Waals surface area (Å²) in [7, 11) is 0. The van der Waals surface area contributed by atoms with Crippen LogP contribution in [0.2, 0.25) is 0 Å². The van der Waals surface area contributed by atoms with Gasteiger partial charge in [-0.15, -0.1) is 0 Å². The van der Waals surface area contributed by atoms with Gasteiger partial charge in [-0.3, -0.25) is 4.98 Å². The van der Waals surface area contributed by atoms with Gasteiger partial charge in [0.05, 0.1) is 11.0 Å². The number of aromatic nitrogens is 2. The standard InChI is InChI=1S/C16H14N2/c1-16(2)12-6-4-3-5-10(12)11-9-18-13-7-8-17-15(13)14(11)16/h3-9,17H,1-2H3. The molecule has 1 aliphatic rings. The third kappa shape index (κ3) is 1.01. The van der Waals surface area contributed by atoms with E-state index in [9.17, 15) is 0 Å². The summed E-state index contributed by atoms with van der Waals surface area (Å²) < 4.78 is 0. The number of aromatic amines is 1. The number of benzene rings is 1. The Hall–Kier alpha value is -2.09. The van der Waals surface area contributed by atoms with Crippen LogP contribution in [0.15, 0.2) is 42.7 Å². The molecule has 1 aromatic carbocycles. The maximum Gasteiger partial charge on any atom is 0.0882 e. The van der Waals surface area contributed by atoms with Crippen LogP contribution in [0.5, 0.6) is 0 Å². The van der Waals surface area contributed by atoms with Gasteiger partial charge in [0, 0.05) is 23.4 Å². The molecule has 2 nitrogen and oxygen atoms in total. The summed E-state index contributed by atoms with van der Waals surface area (Å²) in [6.07, 6.45) is 3.98. The van der Waals surface area contributed by atoms with Crippen LogP contribution in [0.4, 0.5) is 0 Å². The third-order valence-corrected chi connectivity index (χ3v) is 4.09. The molecule has 3 aromatic rings. The summed E-state index contributed by atoms with van der Waals surface area (Å²) in [5.74, 6) is 0. The van der Waals surface area contributed by atoms with E-state index in [1.165, 1.54) is 27.8 Å². The number of hydrogen-bond acceptors (Lipinski definition) is 1. The highest BCUT2D eigenvalue weighted by Crippen LogP contribution is 2.50. The van der Waals surface area contributed by atoms with E-state index in [2.05, 4.69) is 48.1 Å². The van der Waals surface area contributed by atoms with E-state index >= 15 is 0 Å². The van der Waals surface area contributed by atoms with E-state index in [4.69, 9.17) is 0 Å².